The Kier molecular flexibility index (Phi) is 5.91. The lowest BCUT2D eigenvalue weighted by Gasteiger charge is -2.30. The van der Waals surface area contributed by atoms with Crippen LogP contribution in [-0.4, -0.2) is 59.2 Å². The fourth-order valence-electron chi connectivity index (χ4n) is 2.69. The standard InChI is InChI=1S/C17H18F3N7O/c1-27-2-3-28-12(10-27)7-23-14-4-15(25-8-13(14)17(18,19)20)26-16-9-22-11(5-21)6-24-16/h4,6,8-9,12H,2-3,7,10H2,1H3,(H2,23,24,25,26). The molecule has 0 bridgehead atoms. The highest BCUT2D eigenvalue weighted by Crippen LogP contribution is 2.35. The fourth-order valence-corrected chi connectivity index (χ4v) is 2.69. The molecule has 2 aromatic rings. The smallest absolute Gasteiger partial charge is 0.382 e. The van der Waals surface area contributed by atoms with E-state index in [4.69, 9.17) is 10.00 Å². The molecule has 28 heavy (non-hydrogen) atoms. The van der Waals surface area contributed by atoms with Crippen molar-refractivity contribution < 1.29 is 17.9 Å². The van der Waals surface area contributed by atoms with E-state index in [1.807, 2.05) is 13.1 Å². The summed E-state index contributed by atoms with van der Waals surface area (Å²) in [6.45, 7) is 2.19. The maximum absolute atomic E-state index is 13.3. The highest BCUT2D eigenvalue weighted by atomic mass is 19.4. The second kappa shape index (κ2) is 8.37. The summed E-state index contributed by atoms with van der Waals surface area (Å²) in [6, 6.07) is 3.09. The second-order valence-electron chi connectivity index (χ2n) is 6.27. The predicted octanol–water partition coefficient (Wildman–Crippen LogP) is 2.25. The molecule has 0 aliphatic carbocycles. The molecule has 11 heteroatoms. The molecule has 1 aliphatic heterocycles. The van der Waals surface area contributed by atoms with Crippen LogP contribution in [0.25, 0.3) is 0 Å². The van der Waals surface area contributed by atoms with Gasteiger partial charge >= 0.3 is 6.18 Å². The molecule has 2 aromatic heterocycles. The maximum Gasteiger partial charge on any atom is 0.419 e. The zero-order valence-corrected chi connectivity index (χ0v) is 15.0. The van der Waals surface area contributed by atoms with Crippen LogP contribution in [0, 0.1) is 11.3 Å². The Bertz CT molecular complexity index is 851. The number of aromatic nitrogens is 3. The minimum absolute atomic E-state index is 0.108. The van der Waals surface area contributed by atoms with Crippen molar-refractivity contribution in [2.45, 2.75) is 12.3 Å². The predicted molar refractivity (Wildman–Crippen MR) is 95.0 cm³/mol. The summed E-state index contributed by atoms with van der Waals surface area (Å²) in [6.07, 6.45) is -1.45. The fraction of sp³-hybridized carbons (Fsp3) is 0.412. The number of nitriles is 1. The zero-order valence-electron chi connectivity index (χ0n) is 15.0. The van der Waals surface area contributed by atoms with E-state index in [1.165, 1.54) is 18.5 Å². The number of ether oxygens (including phenoxy) is 1. The topological polar surface area (TPSA) is 99.0 Å². The van der Waals surface area contributed by atoms with Crippen molar-refractivity contribution in [3.05, 3.63) is 35.9 Å². The second-order valence-corrected chi connectivity index (χ2v) is 6.27. The molecule has 1 saturated heterocycles. The number of nitrogens with one attached hydrogen (secondary N) is 2. The summed E-state index contributed by atoms with van der Waals surface area (Å²) in [5.41, 5.74) is -0.845. The third-order valence-corrected chi connectivity index (χ3v) is 4.09. The van der Waals surface area contributed by atoms with E-state index in [2.05, 4.69) is 30.5 Å². The number of alkyl halides is 3. The molecule has 8 nitrogen and oxygen atoms in total. The molecule has 1 unspecified atom stereocenters. The Morgan fingerprint density at radius 3 is 2.68 bits per heavy atom. The summed E-state index contributed by atoms with van der Waals surface area (Å²) >= 11 is 0. The van der Waals surface area contributed by atoms with E-state index in [1.54, 1.807) is 0 Å². The van der Waals surface area contributed by atoms with E-state index in [0.29, 0.717) is 13.2 Å². The Hall–Kier alpha value is -2.97. The number of rotatable bonds is 5. The van der Waals surface area contributed by atoms with Crippen LogP contribution in [0.5, 0.6) is 0 Å². The Balaban J connectivity index is 1.77. The Morgan fingerprint density at radius 2 is 2.04 bits per heavy atom. The molecule has 148 valence electrons. The number of halogens is 3. The highest BCUT2D eigenvalue weighted by molar-refractivity contribution is 5.62. The van der Waals surface area contributed by atoms with Gasteiger partial charge in [0, 0.05) is 31.9 Å². The number of nitrogens with zero attached hydrogens (tertiary/aromatic N) is 5. The number of anilines is 3. The van der Waals surface area contributed by atoms with Crippen LogP contribution in [0.2, 0.25) is 0 Å². The summed E-state index contributed by atoms with van der Waals surface area (Å²) in [4.78, 5) is 13.7. The van der Waals surface area contributed by atoms with E-state index in [9.17, 15) is 13.2 Å². The molecular weight excluding hydrogens is 375 g/mol. The van der Waals surface area contributed by atoms with Crippen LogP contribution in [0.15, 0.2) is 24.7 Å². The van der Waals surface area contributed by atoms with E-state index >= 15 is 0 Å². The van der Waals surface area contributed by atoms with Crippen molar-refractivity contribution in [3.8, 4) is 6.07 Å². The first kappa shape index (κ1) is 19.8. The highest BCUT2D eigenvalue weighted by Gasteiger charge is 2.34. The molecule has 1 fully saturated rings. The summed E-state index contributed by atoms with van der Waals surface area (Å²) in [7, 11) is 1.93. The first-order valence-corrected chi connectivity index (χ1v) is 8.45. The molecule has 2 N–H and O–H groups in total. The molecule has 0 radical (unpaired) electrons. The summed E-state index contributed by atoms with van der Waals surface area (Å²) < 4.78 is 45.6. The van der Waals surface area contributed by atoms with Crippen LogP contribution in [-0.2, 0) is 10.9 Å². The normalized spacial score (nSPS) is 17.8. The average Bonchev–Trinajstić information content (AvgIpc) is 2.66. The van der Waals surface area contributed by atoms with Gasteiger partial charge in [0.25, 0.3) is 0 Å². The van der Waals surface area contributed by atoms with Crippen molar-refractivity contribution in [3.63, 3.8) is 0 Å². The molecule has 3 heterocycles. The third-order valence-electron chi connectivity index (χ3n) is 4.09. The quantitative estimate of drug-likeness (QED) is 0.798. The molecule has 0 aromatic carbocycles. The van der Waals surface area contributed by atoms with Crippen molar-refractivity contribution in [1.82, 2.24) is 19.9 Å². The van der Waals surface area contributed by atoms with Gasteiger partial charge in [-0.15, -0.1) is 0 Å². The van der Waals surface area contributed by atoms with Gasteiger partial charge in [0.15, 0.2) is 5.69 Å². The average molecular weight is 393 g/mol. The van der Waals surface area contributed by atoms with Crippen molar-refractivity contribution in [2.24, 2.45) is 0 Å². The van der Waals surface area contributed by atoms with Gasteiger partial charge in [0.1, 0.15) is 17.7 Å². The lowest BCUT2D eigenvalue weighted by atomic mass is 10.2. The number of hydrogen-bond acceptors (Lipinski definition) is 8. The molecule has 0 spiro atoms. The van der Waals surface area contributed by atoms with Crippen molar-refractivity contribution >= 4 is 17.3 Å². The van der Waals surface area contributed by atoms with Crippen LogP contribution in [0.1, 0.15) is 11.3 Å². The lowest BCUT2D eigenvalue weighted by Crippen LogP contribution is -2.43. The SMILES string of the molecule is CN1CCOC(CNc2cc(Nc3cnc(C#N)cn3)ncc2C(F)(F)F)C1. The van der Waals surface area contributed by atoms with Crippen molar-refractivity contribution in [1.29, 1.82) is 5.26 Å². The van der Waals surface area contributed by atoms with E-state index < -0.39 is 11.7 Å². The van der Waals surface area contributed by atoms with Gasteiger partial charge < -0.3 is 20.3 Å². The number of pyridine rings is 1. The van der Waals surface area contributed by atoms with Crippen LogP contribution >= 0.6 is 0 Å². The minimum Gasteiger partial charge on any atom is -0.382 e. The van der Waals surface area contributed by atoms with Gasteiger partial charge in [0.05, 0.1) is 36.4 Å². The van der Waals surface area contributed by atoms with E-state index in [-0.39, 0.29) is 35.7 Å². The Morgan fingerprint density at radius 1 is 1.25 bits per heavy atom. The molecule has 0 amide bonds. The number of likely N-dealkylation sites (N-methyl/N-ethyl adjacent to an activating group) is 1. The van der Waals surface area contributed by atoms with Crippen LogP contribution < -0.4 is 10.6 Å². The van der Waals surface area contributed by atoms with Crippen LogP contribution in [0.4, 0.5) is 30.5 Å². The minimum atomic E-state index is -4.55. The Labute approximate surface area is 159 Å². The van der Waals surface area contributed by atoms with Gasteiger partial charge in [-0.2, -0.15) is 18.4 Å². The van der Waals surface area contributed by atoms with Gasteiger partial charge in [-0.1, -0.05) is 0 Å². The number of hydrogen-bond donors (Lipinski definition) is 2. The monoisotopic (exact) mass is 393 g/mol. The molecule has 0 saturated carbocycles. The van der Waals surface area contributed by atoms with Crippen LogP contribution in [0.3, 0.4) is 0 Å². The largest absolute Gasteiger partial charge is 0.419 e. The third kappa shape index (κ3) is 5.05. The van der Waals surface area contributed by atoms with Crippen molar-refractivity contribution in [2.75, 3.05) is 43.9 Å². The summed E-state index contributed by atoms with van der Waals surface area (Å²) in [5.74, 6) is 0.422. The maximum atomic E-state index is 13.3. The molecule has 1 aliphatic rings. The molecule has 1 atom stereocenters. The first-order valence-electron chi connectivity index (χ1n) is 8.45. The van der Waals surface area contributed by atoms with Gasteiger partial charge in [-0.05, 0) is 7.05 Å². The molecular formula is C17H18F3N7O. The molecule has 3 rings (SSSR count). The van der Waals surface area contributed by atoms with E-state index in [0.717, 1.165) is 12.7 Å². The zero-order chi connectivity index (χ0) is 20.1. The van der Waals surface area contributed by atoms with Gasteiger partial charge in [0.2, 0.25) is 0 Å². The summed E-state index contributed by atoms with van der Waals surface area (Å²) in [5, 5.41) is 14.3. The first-order chi connectivity index (χ1) is 13.3. The lowest BCUT2D eigenvalue weighted by molar-refractivity contribution is -0.137. The number of morpholine rings is 1. The van der Waals surface area contributed by atoms with Gasteiger partial charge in [-0.25, -0.2) is 15.0 Å². The van der Waals surface area contributed by atoms with Gasteiger partial charge in [-0.3, -0.25) is 0 Å².